The standard InChI is InChI=1S/C13H10BrClN2S/c14-10-7-8(5-6-9(10)13(16)18)17-12-4-2-1-3-11(12)15/h1-7,17H,(H2,16,18). The molecule has 2 aromatic rings. The van der Waals surface area contributed by atoms with Gasteiger partial charge in [0.15, 0.2) is 0 Å². The van der Waals surface area contributed by atoms with Gasteiger partial charge in [-0.1, -0.05) is 36.0 Å². The van der Waals surface area contributed by atoms with E-state index in [1.54, 1.807) is 0 Å². The van der Waals surface area contributed by atoms with Crippen molar-refractivity contribution >= 4 is 56.1 Å². The van der Waals surface area contributed by atoms with Gasteiger partial charge in [-0.3, -0.25) is 0 Å². The Bertz CT molecular complexity index is 601. The lowest BCUT2D eigenvalue weighted by Gasteiger charge is -2.10. The summed E-state index contributed by atoms with van der Waals surface area (Å²) < 4.78 is 0.854. The molecule has 92 valence electrons. The molecule has 0 amide bonds. The number of nitrogens with one attached hydrogen (secondary N) is 1. The van der Waals surface area contributed by atoms with E-state index in [2.05, 4.69) is 21.2 Å². The third-order valence-corrected chi connectivity index (χ3v) is 3.59. The van der Waals surface area contributed by atoms with E-state index in [0.717, 1.165) is 21.4 Å². The molecule has 2 rings (SSSR count). The van der Waals surface area contributed by atoms with E-state index in [1.807, 2.05) is 42.5 Å². The molecule has 0 saturated heterocycles. The average Bonchev–Trinajstić information content (AvgIpc) is 2.32. The topological polar surface area (TPSA) is 38.0 Å². The number of benzene rings is 2. The van der Waals surface area contributed by atoms with Crippen LogP contribution in [0.3, 0.4) is 0 Å². The summed E-state index contributed by atoms with van der Waals surface area (Å²) in [6, 6.07) is 13.2. The molecular weight excluding hydrogens is 332 g/mol. The molecule has 0 fully saturated rings. The summed E-state index contributed by atoms with van der Waals surface area (Å²) in [5.74, 6) is 0. The molecule has 0 aromatic heterocycles. The number of hydrogen-bond donors (Lipinski definition) is 2. The third kappa shape index (κ3) is 3.02. The van der Waals surface area contributed by atoms with Crippen LogP contribution in [0.2, 0.25) is 5.02 Å². The van der Waals surface area contributed by atoms with Gasteiger partial charge in [0.2, 0.25) is 0 Å². The quantitative estimate of drug-likeness (QED) is 0.808. The molecule has 0 spiro atoms. The van der Waals surface area contributed by atoms with Crippen LogP contribution in [0.15, 0.2) is 46.9 Å². The Labute approximate surface area is 124 Å². The van der Waals surface area contributed by atoms with Crippen LogP contribution >= 0.6 is 39.7 Å². The Morgan fingerprint density at radius 3 is 2.56 bits per heavy atom. The van der Waals surface area contributed by atoms with Gasteiger partial charge in [0.05, 0.1) is 10.7 Å². The summed E-state index contributed by atoms with van der Waals surface area (Å²) in [6.45, 7) is 0. The zero-order valence-corrected chi connectivity index (χ0v) is 12.4. The minimum absolute atomic E-state index is 0.367. The van der Waals surface area contributed by atoms with E-state index in [1.165, 1.54) is 0 Å². The third-order valence-electron chi connectivity index (χ3n) is 2.39. The smallest absolute Gasteiger partial charge is 0.105 e. The van der Waals surface area contributed by atoms with E-state index in [9.17, 15) is 0 Å². The van der Waals surface area contributed by atoms with Crippen LogP contribution in [0.4, 0.5) is 11.4 Å². The van der Waals surface area contributed by atoms with Gasteiger partial charge in [-0.25, -0.2) is 0 Å². The molecule has 0 aliphatic rings. The highest BCUT2D eigenvalue weighted by atomic mass is 79.9. The fourth-order valence-electron chi connectivity index (χ4n) is 1.51. The second-order valence-electron chi connectivity index (χ2n) is 3.66. The number of hydrogen-bond acceptors (Lipinski definition) is 2. The molecule has 0 atom stereocenters. The van der Waals surface area contributed by atoms with E-state index in [4.69, 9.17) is 29.6 Å². The molecule has 0 heterocycles. The zero-order chi connectivity index (χ0) is 13.1. The van der Waals surface area contributed by atoms with Gasteiger partial charge in [0.25, 0.3) is 0 Å². The maximum atomic E-state index is 6.08. The van der Waals surface area contributed by atoms with Crippen molar-refractivity contribution in [2.45, 2.75) is 0 Å². The molecule has 0 aliphatic carbocycles. The summed E-state index contributed by atoms with van der Waals surface area (Å²) in [5, 5.41) is 3.91. The van der Waals surface area contributed by atoms with Crippen molar-refractivity contribution in [1.82, 2.24) is 0 Å². The first-order chi connectivity index (χ1) is 8.58. The van der Waals surface area contributed by atoms with Gasteiger partial charge in [-0.15, -0.1) is 0 Å². The van der Waals surface area contributed by atoms with Crippen molar-refractivity contribution in [1.29, 1.82) is 0 Å². The van der Waals surface area contributed by atoms with Gasteiger partial charge in [0, 0.05) is 15.7 Å². The lowest BCUT2D eigenvalue weighted by atomic mass is 10.2. The van der Waals surface area contributed by atoms with E-state index in [0.29, 0.717) is 10.0 Å². The molecule has 0 unspecified atom stereocenters. The Morgan fingerprint density at radius 1 is 1.22 bits per heavy atom. The number of rotatable bonds is 3. The molecule has 2 aromatic carbocycles. The van der Waals surface area contributed by atoms with Gasteiger partial charge < -0.3 is 11.1 Å². The maximum absolute atomic E-state index is 6.08. The van der Waals surface area contributed by atoms with Crippen molar-refractivity contribution < 1.29 is 0 Å². The SMILES string of the molecule is NC(=S)c1ccc(Nc2ccccc2Cl)cc1Br. The minimum Gasteiger partial charge on any atom is -0.389 e. The maximum Gasteiger partial charge on any atom is 0.105 e. The highest BCUT2D eigenvalue weighted by Gasteiger charge is 2.05. The predicted molar refractivity (Wildman–Crippen MR) is 84.8 cm³/mol. The van der Waals surface area contributed by atoms with Crippen molar-refractivity contribution in [2.75, 3.05) is 5.32 Å². The summed E-state index contributed by atoms with van der Waals surface area (Å²) in [5.41, 5.74) is 8.18. The van der Waals surface area contributed by atoms with Crippen molar-refractivity contribution in [3.63, 3.8) is 0 Å². The Balaban J connectivity index is 2.29. The Morgan fingerprint density at radius 2 is 1.94 bits per heavy atom. The molecular formula is C13H10BrClN2S. The van der Waals surface area contributed by atoms with Crippen LogP contribution in [0.5, 0.6) is 0 Å². The molecule has 0 radical (unpaired) electrons. The molecule has 3 N–H and O–H groups in total. The van der Waals surface area contributed by atoms with Gasteiger partial charge in [-0.2, -0.15) is 0 Å². The lowest BCUT2D eigenvalue weighted by Crippen LogP contribution is -2.10. The molecule has 0 aliphatic heterocycles. The van der Waals surface area contributed by atoms with Crippen LogP contribution < -0.4 is 11.1 Å². The first-order valence-electron chi connectivity index (χ1n) is 5.19. The second-order valence-corrected chi connectivity index (χ2v) is 5.37. The molecule has 0 saturated carbocycles. The van der Waals surface area contributed by atoms with E-state index < -0.39 is 0 Å². The number of halogens is 2. The second kappa shape index (κ2) is 5.69. The van der Waals surface area contributed by atoms with Crippen LogP contribution in [-0.2, 0) is 0 Å². The zero-order valence-electron chi connectivity index (χ0n) is 9.28. The number of para-hydroxylation sites is 1. The predicted octanol–water partition coefficient (Wildman–Crippen LogP) is 4.48. The first-order valence-corrected chi connectivity index (χ1v) is 6.77. The van der Waals surface area contributed by atoms with Crippen molar-refractivity contribution in [3.8, 4) is 0 Å². The lowest BCUT2D eigenvalue weighted by molar-refractivity contribution is 1.51. The van der Waals surface area contributed by atoms with Crippen LogP contribution in [-0.4, -0.2) is 4.99 Å². The molecule has 2 nitrogen and oxygen atoms in total. The highest BCUT2D eigenvalue weighted by Crippen LogP contribution is 2.27. The Kier molecular flexibility index (Phi) is 4.22. The number of nitrogens with two attached hydrogens (primary N) is 1. The number of anilines is 2. The highest BCUT2D eigenvalue weighted by molar-refractivity contribution is 9.10. The molecule has 5 heteroatoms. The fourth-order valence-corrected chi connectivity index (χ4v) is 2.60. The van der Waals surface area contributed by atoms with Crippen LogP contribution in [0, 0.1) is 0 Å². The van der Waals surface area contributed by atoms with Crippen LogP contribution in [0.1, 0.15) is 5.56 Å². The minimum atomic E-state index is 0.367. The average molecular weight is 342 g/mol. The molecule has 0 bridgehead atoms. The fraction of sp³-hybridized carbons (Fsp3) is 0. The van der Waals surface area contributed by atoms with Crippen molar-refractivity contribution in [3.05, 3.63) is 57.5 Å². The number of thiocarbonyl (C=S) groups is 1. The monoisotopic (exact) mass is 340 g/mol. The van der Waals surface area contributed by atoms with Gasteiger partial charge in [-0.05, 0) is 46.3 Å². The van der Waals surface area contributed by atoms with E-state index in [-0.39, 0.29) is 0 Å². The summed E-state index contributed by atoms with van der Waals surface area (Å²) in [6.07, 6.45) is 0. The van der Waals surface area contributed by atoms with E-state index >= 15 is 0 Å². The molecule has 18 heavy (non-hydrogen) atoms. The summed E-state index contributed by atoms with van der Waals surface area (Å²) in [4.78, 5) is 0.367. The van der Waals surface area contributed by atoms with Crippen LogP contribution in [0.25, 0.3) is 0 Å². The first kappa shape index (κ1) is 13.3. The van der Waals surface area contributed by atoms with Gasteiger partial charge >= 0.3 is 0 Å². The summed E-state index contributed by atoms with van der Waals surface area (Å²) in [7, 11) is 0. The largest absolute Gasteiger partial charge is 0.389 e. The van der Waals surface area contributed by atoms with Gasteiger partial charge in [0.1, 0.15) is 4.99 Å². The Hall–Kier alpha value is -1.10. The summed E-state index contributed by atoms with van der Waals surface area (Å²) >= 11 is 14.5. The normalized spacial score (nSPS) is 10.1. The van der Waals surface area contributed by atoms with Crippen molar-refractivity contribution in [2.24, 2.45) is 5.73 Å².